The number of allylic oxidation sites excluding steroid dienone is 1. The quantitative estimate of drug-likeness (QED) is 0.252. The zero-order valence-corrected chi connectivity index (χ0v) is 23.0. The zero-order chi connectivity index (χ0) is 29.0. The number of nitrogens with zero attached hydrogens (tertiary/aromatic N) is 2. The Labute approximate surface area is 238 Å². The zero-order valence-electron chi connectivity index (χ0n) is 21.4. The van der Waals surface area contributed by atoms with E-state index in [4.69, 9.17) is 27.9 Å². The van der Waals surface area contributed by atoms with E-state index in [1.807, 2.05) is 0 Å². The van der Waals surface area contributed by atoms with Crippen molar-refractivity contribution in [3.8, 4) is 5.69 Å². The van der Waals surface area contributed by atoms with E-state index in [9.17, 15) is 24.0 Å². The molecule has 4 aromatic rings. The second-order valence-corrected chi connectivity index (χ2v) is 9.69. The number of hydrogen-bond donors (Lipinski definition) is 1. The van der Waals surface area contributed by atoms with Gasteiger partial charge in [-0.25, -0.2) is 19.0 Å². The van der Waals surface area contributed by atoms with Gasteiger partial charge in [-0.3, -0.25) is 14.2 Å². The topological polar surface area (TPSA) is 116 Å². The van der Waals surface area contributed by atoms with Crippen LogP contribution in [0.2, 0.25) is 10.0 Å². The Morgan fingerprint density at radius 3 is 2.30 bits per heavy atom. The van der Waals surface area contributed by atoms with Crippen molar-refractivity contribution in [1.29, 1.82) is 0 Å². The summed E-state index contributed by atoms with van der Waals surface area (Å²) in [4.78, 5) is 62.4. The third kappa shape index (κ3) is 5.77. The number of amides is 1. The summed E-state index contributed by atoms with van der Waals surface area (Å²) in [7, 11) is 2.77. The van der Waals surface area contributed by atoms with E-state index in [0.29, 0.717) is 28.6 Å². The van der Waals surface area contributed by atoms with Crippen LogP contribution in [0.25, 0.3) is 16.6 Å². The fourth-order valence-electron chi connectivity index (χ4n) is 4.32. The molecule has 1 heterocycles. The molecule has 0 spiro atoms. The third-order valence-corrected chi connectivity index (χ3v) is 7.00. The predicted molar refractivity (Wildman–Crippen MR) is 152 cm³/mol. The summed E-state index contributed by atoms with van der Waals surface area (Å²) >= 11 is 12.3. The second-order valence-electron chi connectivity index (χ2n) is 8.88. The molecule has 4 rings (SSSR count). The maximum atomic E-state index is 13.4. The molecule has 0 fully saturated rings. The lowest BCUT2D eigenvalue weighted by atomic mass is 10.0. The normalized spacial score (nSPS) is 11.5. The Hall–Kier alpha value is -4.43. The minimum atomic E-state index is -1.06. The van der Waals surface area contributed by atoms with E-state index in [1.54, 1.807) is 61.5 Å². The highest BCUT2D eigenvalue weighted by Crippen LogP contribution is 2.24. The number of methoxy groups -OCH3 is 1. The van der Waals surface area contributed by atoms with Crippen molar-refractivity contribution in [3.63, 3.8) is 0 Å². The molecule has 204 valence electrons. The van der Waals surface area contributed by atoms with E-state index >= 15 is 0 Å². The standard InChI is InChI=1S/C29H23Cl2N3O6/c1-33-24-13-10-17(5-4-14-35)15-20(24)27(37)34(29(33)39)19-11-8-18(9-12-19)16-23(28(38)40-2)32-26(36)25-21(30)6-3-7-22(25)31/h3-4,6-13,15,23H,5,16H2,1-2H3,(H,32,36)/t23-/m0/s1. The van der Waals surface area contributed by atoms with Gasteiger partial charge in [0.15, 0.2) is 0 Å². The minimum absolute atomic E-state index is 0.0342. The van der Waals surface area contributed by atoms with Gasteiger partial charge in [-0.15, -0.1) is 0 Å². The predicted octanol–water partition coefficient (Wildman–Crippen LogP) is 3.44. The lowest BCUT2D eigenvalue weighted by molar-refractivity contribution is -0.142. The summed E-state index contributed by atoms with van der Waals surface area (Å²) in [6.07, 6.45) is 1.67. The first kappa shape index (κ1) is 28.6. The number of hydrogen-bond acceptors (Lipinski definition) is 6. The highest BCUT2D eigenvalue weighted by atomic mass is 35.5. The van der Waals surface area contributed by atoms with Crippen LogP contribution in [-0.4, -0.2) is 40.1 Å². The van der Waals surface area contributed by atoms with Crippen LogP contribution in [0.1, 0.15) is 21.5 Å². The van der Waals surface area contributed by atoms with E-state index in [1.165, 1.54) is 29.9 Å². The first-order chi connectivity index (χ1) is 19.2. The number of carbonyl (C=O) groups is 2. The molecule has 1 aromatic heterocycles. The molecule has 0 aliphatic heterocycles. The molecule has 1 N–H and O–H groups in total. The fraction of sp³-hybridized carbons (Fsp3) is 0.172. The number of aromatic nitrogens is 2. The average molecular weight is 580 g/mol. The van der Waals surface area contributed by atoms with Crippen molar-refractivity contribution in [2.45, 2.75) is 18.9 Å². The van der Waals surface area contributed by atoms with Gasteiger partial charge in [0.25, 0.3) is 11.5 Å². The van der Waals surface area contributed by atoms with Crippen LogP contribution in [0, 0.1) is 0 Å². The number of esters is 1. The van der Waals surface area contributed by atoms with Gasteiger partial charge in [0.1, 0.15) is 12.0 Å². The first-order valence-electron chi connectivity index (χ1n) is 12.0. The molecule has 0 saturated heterocycles. The molecular weight excluding hydrogens is 557 g/mol. The summed E-state index contributed by atoms with van der Waals surface area (Å²) in [5, 5.41) is 3.19. The maximum Gasteiger partial charge on any atom is 0.335 e. The lowest BCUT2D eigenvalue weighted by Gasteiger charge is -2.18. The van der Waals surface area contributed by atoms with Crippen molar-refractivity contribution in [2.24, 2.45) is 7.05 Å². The van der Waals surface area contributed by atoms with Crippen molar-refractivity contribution in [1.82, 2.24) is 14.5 Å². The van der Waals surface area contributed by atoms with Gasteiger partial charge in [-0.1, -0.05) is 47.5 Å². The van der Waals surface area contributed by atoms with E-state index in [0.717, 1.165) is 10.1 Å². The Morgan fingerprint density at radius 2 is 1.68 bits per heavy atom. The molecule has 9 nitrogen and oxygen atoms in total. The van der Waals surface area contributed by atoms with Crippen LogP contribution in [0.15, 0.2) is 76.3 Å². The molecule has 1 amide bonds. The summed E-state index contributed by atoms with van der Waals surface area (Å²) in [6.45, 7) is 0. The second kappa shape index (κ2) is 12.2. The van der Waals surface area contributed by atoms with Crippen molar-refractivity contribution in [2.75, 3.05) is 7.11 Å². The molecule has 0 bridgehead atoms. The molecule has 40 heavy (non-hydrogen) atoms. The first-order valence-corrected chi connectivity index (χ1v) is 12.8. The Morgan fingerprint density at radius 1 is 1.02 bits per heavy atom. The SMILES string of the molecule is COC(=O)[C@H](Cc1ccc(-n2c(=O)c3cc(CC=C=O)ccc3n(C)c2=O)cc1)NC(=O)c1c(Cl)cccc1Cl. The van der Waals surface area contributed by atoms with Gasteiger partial charge < -0.3 is 10.1 Å². The van der Waals surface area contributed by atoms with Gasteiger partial charge in [0.2, 0.25) is 0 Å². The Bertz CT molecular complexity index is 1770. The highest BCUT2D eigenvalue weighted by molar-refractivity contribution is 6.39. The number of aryl methyl sites for hydroxylation is 1. The Balaban J connectivity index is 1.65. The van der Waals surface area contributed by atoms with Gasteiger partial charge in [-0.05, 0) is 47.5 Å². The van der Waals surface area contributed by atoms with E-state index in [-0.39, 0.29) is 22.0 Å². The summed E-state index contributed by atoms with van der Waals surface area (Å²) in [5.74, 6) is 0.390. The van der Waals surface area contributed by atoms with Crippen LogP contribution >= 0.6 is 23.2 Å². The van der Waals surface area contributed by atoms with Crippen LogP contribution in [0.3, 0.4) is 0 Å². The molecule has 0 unspecified atom stereocenters. The van der Waals surface area contributed by atoms with Crippen molar-refractivity contribution in [3.05, 3.63) is 114 Å². The number of fused-ring (bicyclic) bond motifs is 1. The maximum absolute atomic E-state index is 13.4. The number of ether oxygens (including phenoxy) is 1. The van der Waals surface area contributed by atoms with Crippen LogP contribution in [-0.2, 0) is 34.2 Å². The van der Waals surface area contributed by atoms with Crippen LogP contribution in [0.4, 0.5) is 0 Å². The largest absolute Gasteiger partial charge is 0.467 e. The third-order valence-electron chi connectivity index (χ3n) is 6.37. The molecule has 11 heteroatoms. The summed E-state index contributed by atoms with van der Waals surface area (Å²) in [6, 6.07) is 15.0. The molecule has 1 atom stereocenters. The number of carbonyl (C=O) groups excluding carboxylic acids is 3. The molecule has 0 aliphatic rings. The number of nitrogens with one attached hydrogen (secondary N) is 1. The molecular formula is C29H23Cl2N3O6. The van der Waals surface area contributed by atoms with Crippen molar-refractivity contribution >= 4 is 51.9 Å². The summed E-state index contributed by atoms with van der Waals surface area (Å²) in [5.41, 5.74) is 1.10. The fourth-order valence-corrected chi connectivity index (χ4v) is 4.89. The number of halogens is 2. The van der Waals surface area contributed by atoms with Crippen LogP contribution in [0.5, 0.6) is 0 Å². The molecule has 0 saturated carbocycles. The van der Waals surface area contributed by atoms with Crippen molar-refractivity contribution < 1.29 is 19.1 Å². The van der Waals surface area contributed by atoms with Gasteiger partial charge >= 0.3 is 11.7 Å². The molecule has 0 aliphatic carbocycles. The number of benzene rings is 3. The monoisotopic (exact) mass is 579 g/mol. The number of rotatable bonds is 8. The Kier molecular flexibility index (Phi) is 8.70. The lowest BCUT2D eigenvalue weighted by Crippen LogP contribution is -2.43. The summed E-state index contributed by atoms with van der Waals surface area (Å²) < 4.78 is 7.28. The van der Waals surface area contributed by atoms with E-state index in [2.05, 4.69) is 5.32 Å². The highest BCUT2D eigenvalue weighted by Gasteiger charge is 2.25. The minimum Gasteiger partial charge on any atom is -0.467 e. The van der Waals surface area contributed by atoms with Crippen LogP contribution < -0.4 is 16.6 Å². The average Bonchev–Trinajstić information content (AvgIpc) is 2.94. The molecule has 3 aromatic carbocycles. The van der Waals surface area contributed by atoms with Gasteiger partial charge in [0.05, 0.1) is 39.3 Å². The smallest absolute Gasteiger partial charge is 0.335 e. The van der Waals surface area contributed by atoms with Gasteiger partial charge in [0, 0.05) is 26.0 Å². The van der Waals surface area contributed by atoms with Gasteiger partial charge in [-0.2, -0.15) is 0 Å². The molecule has 0 radical (unpaired) electrons. The van der Waals surface area contributed by atoms with E-state index < -0.39 is 29.2 Å².